The molecule has 6 nitrogen and oxygen atoms in total. The topological polar surface area (TPSA) is 81.4 Å². The summed E-state index contributed by atoms with van der Waals surface area (Å²) in [6.45, 7) is 2.40. The zero-order valence-corrected chi connectivity index (χ0v) is 17.8. The normalized spacial score (nSPS) is 14.9. The van der Waals surface area contributed by atoms with Gasteiger partial charge in [-0.3, -0.25) is 9.00 Å². The largest absolute Gasteiger partial charge is 0.497 e. The molecule has 1 atom stereocenters. The molecule has 7 heteroatoms. The Morgan fingerprint density at radius 2 is 2.07 bits per heavy atom. The van der Waals surface area contributed by atoms with Crippen LogP contribution in [0.1, 0.15) is 43.6 Å². The second kappa shape index (κ2) is 10.4. The van der Waals surface area contributed by atoms with E-state index in [0.717, 1.165) is 30.6 Å². The lowest BCUT2D eigenvalue weighted by Gasteiger charge is -2.12. The van der Waals surface area contributed by atoms with Crippen LogP contribution in [0.5, 0.6) is 5.75 Å². The number of methoxy groups -OCH3 is 1. The van der Waals surface area contributed by atoms with E-state index in [1.807, 2.05) is 24.3 Å². The smallest absolute Gasteiger partial charge is 0.232 e. The molecule has 1 aromatic carbocycles. The number of carbonyl (C=O) groups is 1. The van der Waals surface area contributed by atoms with Gasteiger partial charge in [0, 0.05) is 22.9 Å². The average molecular weight is 417 g/mol. The number of aromatic nitrogens is 1. The molecule has 0 unspecified atom stereocenters. The molecule has 0 bridgehead atoms. The number of amides is 1. The maximum absolute atomic E-state index is 12.4. The zero-order chi connectivity index (χ0) is 20.6. The highest BCUT2D eigenvalue weighted by atomic mass is 32.2. The van der Waals surface area contributed by atoms with Crippen LogP contribution in [0.15, 0.2) is 40.3 Å². The summed E-state index contributed by atoms with van der Waals surface area (Å²) in [5.74, 6) is 1.84. The van der Waals surface area contributed by atoms with Gasteiger partial charge in [0.1, 0.15) is 17.3 Å². The second-order valence-corrected chi connectivity index (χ2v) is 8.64. The molecule has 1 N–H and O–H groups in total. The fraction of sp³-hybridized carbons (Fsp3) is 0.455. The first-order chi connectivity index (χ1) is 14.0. The van der Waals surface area contributed by atoms with E-state index in [4.69, 9.17) is 9.15 Å². The Bertz CT molecular complexity index is 887. The van der Waals surface area contributed by atoms with Crippen LogP contribution >= 0.6 is 0 Å². The quantitative estimate of drug-likeness (QED) is 0.627. The molecule has 1 aliphatic carbocycles. The minimum absolute atomic E-state index is 0.0246. The van der Waals surface area contributed by atoms with Crippen LogP contribution in [0.4, 0.5) is 0 Å². The van der Waals surface area contributed by atoms with Gasteiger partial charge in [-0.1, -0.05) is 11.6 Å². The highest BCUT2D eigenvalue weighted by molar-refractivity contribution is 7.84. The minimum atomic E-state index is -1.34. The molecule has 29 heavy (non-hydrogen) atoms. The standard InChI is InChI=1S/C22H28N2O4S/c1-16-20(24-22(28-16)18-8-10-19(27-2)11-9-18)14-29(26)15-21(25)23-13-12-17-6-4-3-5-7-17/h6,8-11H,3-5,7,12-15H2,1-2H3,(H,23,25)/t29-/m0/s1. The monoisotopic (exact) mass is 416 g/mol. The first kappa shape index (κ1) is 21.3. The van der Waals surface area contributed by atoms with E-state index in [1.54, 1.807) is 14.0 Å². The number of aryl methyl sites for hydroxylation is 1. The van der Waals surface area contributed by atoms with E-state index < -0.39 is 10.8 Å². The molecule has 2 aromatic rings. The number of nitrogens with one attached hydrogen (secondary N) is 1. The van der Waals surface area contributed by atoms with Crippen molar-refractivity contribution in [2.45, 2.75) is 44.8 Å². The Morgan fingerprint density at radius 3 is 2.76 bits per heavy atom. The molecule has 0 aliphatic heterocycles. The van der Waals surface area contributed by atoms with Gasteiger partial charge in [-0.2, -0.15) is 0 Å². The molecular weight excluding hydrogens is 388 g/mol. The molecule has 1 amide bonds. The van der Waals surface area contributed by atoms with Crippen LogP contribution in [0.3, 0.4) is 0 Å². The van der Waals surface area contributed by atoms with Gasteiger partial charge in [0.15, 0.2) is 0 Å². The fourth-order valence-electron chi connectivity index (χ4n) is 3.31. The molecule has 0 spiro atoms. The number of nitrogens with zero attached hydrogens (tertiary/aromatic N) is 1. The summed E-state index contributed by atoms with van der Waals surface area (Å²) in [5.41, 5.74) is 2.86. The lowest BCUT2D eigenvalue weighted by Crippen LogP contribution is -2.29. The molecule has 1 aliphatic rings. The molecule has 1 heterocycles. The van der Waals surface area contributed by atoms with Gasteiger partial charge in [0.25, 0.3) is 0 Å². The molecule has 0 saturated heterocycles. The summed E-state index contributed by atoms with van der Waals surface area (Å²) >= 11 is 0. The maximum Gasteiger partial charge on any atom is 0.232 e. The van der Waals surface area contributed by atoms with E-state index in [1.165, 1.54) is 18.4 Å². The van der Waals surface area contributed by atoms with E-state index in [-0.39, 0.29) is 17.4 Å². The number of carbonyl (C=O) groups excluding carboxylic acids is 1. The highest BCUT2D eigenvalue weighted by Gasteiger charge is 2.16. The number of ether oxygens (including phenoxy) is 1. The van der Waals surface area contributed by atoms with Crippen LogP contribution in [-0.2, 0) is 21.3 Å². The SMILES string of the molecule is COc1ccc(-c2nc(C[S@](=O)CC(=O)NCCC3=CCCCC3)c(C)o2)cc1. The van der Waals surface area contributed by atoms with Crippen molar-refractivity contribution in [1.82, 2.24) is 10.3 Å². The summed E-state index contributed by atoms with van der Waals surface area (Å²) in [5, 5.41) is 2.87. The average Bonchev–Trinajstić information content (AvgIpc) is 3.09. The van der Waals surface area contributed by atoms with Gasteiger partial charge >= 0.3 is 0 Å². The van der Waals surface area contributed by atoms with E-state index in [9.17, 15) is 9.00 Å². The molecule has 0 radical (unpaired) electrons. The molecule has 0 saturated carbocycles. The summed E-state index contributed by atoms with van der Waals surface area (Å²) in [6.07, 6.45) is 7.93. The Balaban J connectivity index is 1.49. The van der Waals surface area contributed by atoms with Crippen molar-refractivity contribution in [2.24, 2.45) is 0 Å². The molecular formula is C22H28N2O4S. The van der Waals surface area contributed by atoms with E-state index in [2.05, 4.69) is 16.4 Å². The van der Waals surface area contributed by atoms with Crippen LogP contribution < -0.4 is 10.1 Å². The van der Waals surface area contributed by atoms with Gasteiger partial charge in [0.2, 0.25) is 11.8 Å². The Labute approximate surface area is 174 Å². The summed E-state index contributed by atoms with van der Waals surface area (Å²) in [7, 11) is 0.275. The van der Waals surface area contributed by atoms with Crippen molar-refractivity contribution < 1.29 is 18.2 Å². The van der Waals surface area contributed by atoms with Crippen LogP contribution in [0.25, 0.3) is 11.5 Å². The van der Waals surface area contributed by atoms with Crippen molar-refractivity contribution in [1.29, 1.82) is 0 Å². The van der Waals surface area contributed by atoms with Gasteiger partial charge in [-0.15, -0.1) is 0 Å². The fourth-order valence-corrected chi connectivity index (χ4v) is 4.38. The third kappa shape index (κ3) is 6.29. The van der Waals surface area contributed by atoms with Gasteiger partial charge in [-0.25, -0.2) is 4.98 Å². The van der Waals surface area contributed by atoms with Crippen molar-refractivity contribution >= 4 is 16.7 Å². The number of allylic oxidation sites excluding steroid dienone is 1. The number of hydrogen-bond acceptors (Lipinski definition) is 5. The van der Waals surface area contributed by atoms with Crippen molar-refractivity contribution in [3.63, 3.8) is 0 Å². The highest BCUT2D eigenvalue weighted by Crippen LogP contribution is 2.24. The lowest BCUT2D eigenvalue weighted by molar-refractivity contribution is -0.118. The molecule has 1 aromatic heterocycles. The zero-order valence-electron chi connectivity index (χ0n) is 17.0. The van der Waals surface area contributed by atoms with Gasteiger partial charge < -0.3 is 14.5 Å². The predicted molar refractivity (Wildman–Crippen MR) is 114 cm³/mol. The number of rotatable bonds is 9. The third-order valence-electron chi connectivity index (χ3n) is 4.97. The Kier molecular flexibility index (Phi) is 7.63. The van der Waals surface area contributed by atoms with E-state index in [0.29, 0.717) is 23.9 Å². The van der Waals surface area contributed by atoms with Gasteiger partial charge in [-0.05, 0) is 63.3 Å². The number of hydrogen-bond donors (Lipinski definition) is 1. The molecule has 156 valence electrons. The first-order valence-electron chi connectivity index (χ1n) is 9.95. The van der Waals surface area contributed by atoms with Gasteiger partial charge in [0.05, 0.1) is 18.6 Å². The number of oxazole rings is 1. The molecule has 0 fully saturated rings. The van der Waals surface area contributed by atoms with Crippen LogP contribution in [0, 0.1) is 6.92 Å². The van der Waals surface area contributed by atoms with Crippen molar-refractivity contribution in [2.75, 3.05) is 19.4 Å². The van der Waals surface area contributed by atoms with Crippen LogP contribution in [0.2, 0.25) is 0 Å². The third-order valence-corrected chi connectivity index (χ3v) is 6.15. The summed E-state index contributed by atoms with van der Waals surface area (Å²) in [4.78, 5) is 16.5. The minimum Gasteiger partial charge on any atom is -0.497 e. The number of benzene rings is 1. The maximum atomic E-state index is 12.4. The van der Waals surface area contributed by atoms with Crippen molar-refractivity contribution in [3.8, 4) is 17.2 Å². The van der Waals surface area contributed by atoms with Crippen LogP contribution in [-0.4, -0.2) is 34.5 Å². The summed E-state index contributed by atoms with van der Waals surface area (Å²) < 4.78 is 23.3. The first-order valence-corrected chi connectivity index (χ1v) is 11.4. The molecule has 3 rings (SSSR count). The lowest BCUT2D eigenvalue weighted by atomic mass is 9.97. The Hall–Kier alpha value is -2.41. The second-order valence-electron chi connectivity index (χ2n) is 7.19. The summed E-state index contributed by atoms with van der Waals surface area (Å²) in [6, 6.07) is 7.39. The van der Waals surface area contributed by atoms with E-state index >= 15 is 0 Å². The van der Waals surface area contributed by atoms with Crippen molar-refractivity contribution in [3.05, 3.63) is 47.4 Å². The predicted octanol–water partition coefficient (Wildman–Crippen LogP) is 3.91. The Morgan fingerprint density at radius 1 is 1.28 bits per heavy atom.